The fourth-order valence-corrected chi connectivity index (χ4v) is 2.53. The van der Waals surface area contributed by atoms with Crippen LogP contribution in [0.4, 0.5) is 0 Å². The Morgan fingerprint density at radius 2 is 1.75 bits per heavy atom. The van der Waals surface area contributed by atoms with E-state index in [1.807, 2.05) is 6.07 Å². The number of hydrogen-bond acceptors (Lipinski definition) is 2. The normalized spacial score (nSPS) is 12.3. The molecule has 0 spiro atoms. The van der Waals surface area contributed by atoms with E-state index in [9.17, 15) is 5.11 Å². The van der Waals surface area contributed by atoms with Gasteiger partial charge < -0.3 is 10.8 Å². The lowest BCUT2D eigenvalue weighted by molar-refractivity contribution is 0.475. The Labute approximate surface area is 125 Å². The molecular formula is C17H20ClNO. The van der Waals surface area contributed by atoms with Crippen LogP contribution in [0.2, 0.25) is 5.02 Å². The Kier molecular flexibility index (Phi) is 5.05. The number of aromatic hydroxyl groups is 1. The Bertz CT molecular complexity index is 566. The summed E-state index contributed by atoms with van der Waals surface area (Å²) in [6.07, 6.45) is 1.86. The lowest BCUT2D eigenvalue weighted by Crippen LogP contribution is -2.15. The van der Waals surface area contributed by atoms with Crippen LogP contribution >= 0.6 is 11.6 Å². The molecule has 0 aliphatic carbocycles. The highest BCUT2D eigenvalue weighted by Gasteiger charge is 2.11. The molecule has 2 aromatic carbocycles. The van der Waals surface area contributed by atoms with Gasteiger partial charge in [0.05, 0.1) is 5.02 Å². The van der Waals surface area contributed by atoms with Gasteiger partial charge in [0.25, 0.3) is 0 Å². The topological polar surface area (TPSA) is 46.2 Å². The Morgan fingerprint density at radius 1 is 1.10 bits per heavy atom. The number of hydrogen-bond donors (Lipinski definition) is 2. The summed E-state index contributed by atoms with van der Waals surface area (Å²) in [5, 5.41) is 9.84. The molecule has 0 saturated heterocycles. The number of halogens is 1. The number of phenols is 1. The first kappa shape index (κ1) is 14.9. The van der Waals surface area contributed by atoms with Crippen molar-refractivity contribution in [1.29, 1.82) is 0 Å². The van der Waals surface area contributed by atoms with E-state index in [4.69, 9.17) is 17.3 Å². The highest BCUT2D eigenvalue weighted by atomic mass is 35.5. The fraction of sp³-hybridized carbons (Fsp3) is 0.294. The quantitative estimate of drug-likeness (QED) is 0.877. The van der Waals surface area contributed by atoms with Crippen molar-refractivity contribution in [2.24, 2.45) is 5.73 Å². The zero-order valence-corrected chi connectivity index (χ0v) is 12.4. The second kappa shape index (κ2) is 6.78. The number of benzene rings is 2. The van der Waals surface area contributed by atoms with Gasteiger partial charge in [-0.2, -0.15) is 0 Å². The molecule has 0 aliphatic rings. The van der Waals surface area contributed by atoms with Crippen molar-refractivity contribution in [3.05, 3.63) is 64.2 Å². The molecule has 0 aliphatic heterocycles. The van der Waals surface area contributed by atoms with Gasteiger partial charge >= 0.3 is 0 Å². The number of rotatable bonds is 5. The van der Waals surface area contributed by atoms with E-state index in [1.165, 1.54) is 11.1 Å². The molecule has 20 heavy (non-hydrogen) atoms. The highest BCUT2D eigenvalue weighted by Crippen LogP contribution is 2.27. The van der Waals surface area contributed by atoms with E-state index in [-0.39, 0.29) is 11.7 Å². The average molecular weight is 290 g/mol. The van der Waals surface area contributed by atoms with Crippen LogP contribution < -0.4 is 5.73 Å². The summed E-state index contributed by atoms with van der Waals surface area (Å²) in [6, 6.07) is 13.9. The van der Waals surface area contributed by atoms with Gasteiger partial charge in [-0.05, 0) is 48.2 Å². The second-order valence-corrected chi connectivity index (χ2v) is 5.42. The van der Waals surface area contributed by atoms with E-state index < -0.39 is 0 Å². The van der Waals surface area contributed by atoms with Gasteiger partial charge in [0.15, 0.2) is 0 Å². The molecule has 1 unspecified atom stereocenters. The van der Waals surface area contributed by atoms with Gasteiger partial charge in [0.2, 0.25) is 0 Å². The van der Waals surface area contributed by atoms with Crippen LogP contribution in [0.5, 0.6) is 5.75 Å². The van der Waals surface area contributed by atoms with E-state index in [1.54, 1.807) is 12.1 Å². The number of aryl methyl sites for hydroxylation is 1. The molecule has 106 valence electrons. The molecular weight excluding hydrogens is 270 g/mol. The van der Waals surface area contributed by atoms with Crippen LogP contribution in [0.1, 0.15) is 29.5 Å². The van der Waals surface area contributed by atoms with Crippen molar-refractivity contribution in [2.45, 2.75) is 25.7 Å². The molecule has 3 heteroatoms. The van der Waals surface area contributed by atoms with Crippen LogP contribution in [0, 0.1) is 0 Å². The van der Waals surface area contributed by atoms with Crippen molar-refractivity contribution in [2.75, 3.05) is 6.54 Å². The van der Waals surface area contributed by atoms with E-state index in [0.717, 1.165) is 18.4 Å². The maximum Gasteiger partial charge on any atom is 0.134 e. The molecule has 0 amide bonds. The lowest BCUT2D eigenvalue weighted by Gasteiger charge is -2.16. The third-order valence-corrected chi connectivity index (χ3v) is 3.94. The van der Waals surface area contributed by atoms with Gasteiger partial charge in [-0.15, -0.1) is 0 Å². The van der Waals surface area contributed by atoms with Crippen LogP contribution in [-0.2, 0) is 12.8 Å². The molecule has 0 bridgehead atoms. The summed E-state index contributed by atoms with van der Waals surface area (Å²) in [7, 11) is 0. The summed E-state index contributed by atoms with van der Waals surface area (Å²) in [4.78, 5) is 0. The minimum absolute atomic E-state index is 0.118. The first-order valence-electron chi connectivity index (χ1n) is 6.90. The smallest absolute Gasteiger partial charge is 0.134 e. The monoisotopic (exact) mass is 289 g/mol. The fourth-order valence-electron chi connectivity index (χ4n) is 2.32. The first-order valence-corrected chi connectivity index (χ1v) is 7.28. The van der Waals surface area contributed by atoms with E-state index in [0.29, 0.717) is 11.6 Å². The van der Waals surface area contributed by atoms with Crippen LogP contribution in [0.15, 0.2) is 42.5 Å². The average Bonchev–Trinajstić information content (AvgIpc) is 2.48. The minimum Gasteiger partial charge on any atom is -0.506 e. The lowest BCUT2D eigenvalue weighted by atomic mass is 9.91. The Hall–Kier alpha value is -1.51. The van der Waals surface area contributed by atoms with E-state index in [2.05, 4.69) is 31.2 Å². The zero-order valence-electron chi connectivity index (χ0n) is 11.6. The minimum atomic E-state index is 0.118. The van der Waals surface area contributed by atoms with Crippen molar-refractivity contribution >= 4 is 11.6 Å². The van der Waals surface area contributed by atoms with Crippen molar-refractivity contribution in [1.82, 2.24) is 0 Å². The third-order valence-electron chi connectivity index (χ3n) is 3.64. The van der Waals surface area contributed by atoms with Crippen molar-refractivity contribution in [3.63, 3.8) is 0 Å². The van der Waals surface area contributed by atoms with Crippen molar-refractivity contribution < 1.29 is 5.11 Å². The third kappa shape index (κ3) is 3.53. The highest BCUT2D eigenvalue weighted by molar-refractivity contribution is 6.32. The van der Waals surface area contributed by atoms with Gasteiger partial charge in [0, 0.05) is 5.92 Å². The molecule has 3 N–H and O–H groups in total. The van der Waals surface area contributed by atoms with Crippen LogP contribution in [-0.4, -0.2) is 11.7 Å². The van der Waals surface area contributed by atoms with Gasteiger partial charge in [0.1, 0.15) is 5.75 Å². The number of nitrogens with two attached hydrogens (primary N) is 1. The molecule has 2 aromatic rings. The molecule has 0 heterocycles. The molecule has 0 radical (unpaired) electrons. The molecule has 1 atom stereocenters. The van der Waals surface area contributed by atoms with E-state index >= 15 is 0 Å². The summed E-state index contributed by atoms with van der Waals surface area (Å²) in [5.74, 6) is 0.383. The molecule has 0 saturated carbocycles. The first-order chi connectivity index (χ1) is 9.63. The van der Waals surface area contributed by atoms with Gasteiger partial charge in [-0.1, -0.05) is 48.9 Å². The largest absolute Gasteiger partial charge is 0.506 e. The molecule has 2 rings (SSSR count). The van der Waals surface area contributed by atoms with Crippen LogP contribution in [0.3, 0.4) is 0 Å². The Balaban J connectivity index is 2.16. The molecule has 0 fully saturated rings. The maximum absolute atomic E-state index is 9.45. The molecule has 2 nitrogen and oxygen atoms in total. The predicted octanol–water partition coefficient (Wildman–Crippen LogP) is 3.89. The summed E-state index contributed by atoms with van der Waals surface area (Å²) in [6.45, 7) is 2.73. The summed E-state index contributed by atoms with van der Waals surface area (Å²) < 4.78 is 0. The predicted molar refractivity (Wildman–Crippen MR) is 84.4 cm³/mol. The zero-order chi connectivity index (χ0) is 14.5. The Morgan fingerprint density at radius 3 is 2.30 bits per heavy atom. The van der Waals surface area contributed by atoms with Gasteiger partial charge in [-0.25, -0.2) is 0 Å². The number of phenolic OH excluding ortho intramolecular Hbond substituents is 1. The standard InChI is InChI=1S/C17H20ClNO/c1-2-12-3-6-14(7-4-12)15(11-19)9-13-5-8-17(20)16(18)10-13/h3-8,10,15,20H,2,9,11,19H2,1H3. The molecule has 0 aromatic heterocycles. The maximum atomic E-state index is 9.45. The summed E-state index contributed by atoms with van der Waals surface area (Å²) in [5.41, 5.74) is 9.57. The SMILES string of the molecule is CCc1ccc(C(CN)Cc2ccc(O)c(Cl)c2)cc1. The van der Waals surface area contributed by atoms with Crippen LogP contribution in [0.25, 0.3) is 0 Å². The summed E-state index contributed by atoms with van der Waals surface area (Å²) >= 11 is 5.94. The second-order valence-electron chi connectivity index (χ2n) is 5.02. The van der Waals surface area contributed by atoms with Gasteiger partial charge in [-0.3, -0.25) is 0 Å². The van der Waals surface area contributed by atoms with Crippen molar-refractivity contribution in [3.8, 4) is 5.75 Å².